The first-order valence-electron chi connectivity index (χ1n) is 11.6. The predicted octanol–water partition coefficient (Wildman–Crippen LogP) is 4.97. The lowest BCUT2D eigenvalue weighted by atomic mass is 10.2. The van der Waals surface area contributed by atoms with Crippen LogP contribution in [0.2, 0.25) is 0 Å². The number of hydrogen-bond donors (Lipinski definition) is 1. The Balaban J connectivity index is 1.75. The van der Waals surface area contributed by atoms with Gasteiger partial charge >= 0.3 is 6.09 Å². The fourth-order valence-electron chi connectivity index (χ4n) is 3.33. The smallest absolute Gasteiger partial charge is 0.419 e. The second-order valence-corrected chi connectivity index (χ2v) is 9.51. The van der Waals surface area contributed by atoms with Crippen molar-refractivity contribution in [3.05, 3.63) is 72.3 Å². The highest BCUT2D eigenvalue weighted by molar-refractivity contribution is 5.94. The topological polar surface area (TPSA) is 109 Å². The number of ether oxygens (including phenoxy) is 2. The molecule has 2 aromatic carbocycles. The van der Waals surface area contributed by atoms with Gasteiger partial charge < -0.3 is 19.7 Å². The van der Waals surface area contributed by atoms with Crippen molar-refractivity contribution in [2.75, 3.05) is 16.8 Å². The van der Waals surface area contributed by atoms with Gasteiger partial charge in [-0.2, -0.15) is 5.26 Å². The van der Waals surface area contributed by atoms with E-state index in [0.717, 1.165) is 5.75 Å². The van der Waals surface area contributed by atoms with Crippen LogP contribution in [-0.4, -0.2) is 39.8 Å². The van der Waals surface area contributed by atoms with Crippen molar-refractivity contribution in [1.82, 2.24) is 9.55 Å². The molecular formula is C27H31N5O4. The lowest BCUT2D eigenvalue weighted by Gasteiger charge is -2.24. The third-order valence-electron chi connectivity index (χ3n) is 4.78. The summed E-state index contributed by atoms with van der Waals surface area (Å²) in [5.74, 6) is 0.472. The molecule has 188 valence electrons. The molecule has 9 heteroatoms. The van der Waals surface area contributed by atoms with Gasteiger partial charge in [0.15, 0.2) is 0 Å². The Hall–Kier alpha value is -4.32. The molecule has 0 saturated heterocycles. The predicted molar refractivity (Wildman–Crippen MR) is 137 cm³/mol. The molecule has 3 rings (SSSR count). The molecule has 0 fully saturated rings. The minimum Gasteiger partial charge on any atom is -0.491 e. The molecule has 1 aromatic heterocycles. The van der Waals surface area contributed by atoms with Crippen LogP contribution in [0.5, 0.6) is 5.75 Å². The lowest BCUT2D eigenvalue weighted by Crippen LogP contribution is -2.33. The highest BCUT2D eigenvalue weighted by Crippen LogP contribution is 2.20. The molecule has 0 bridgehead atoms. The van der Waals surface area contributed by atoms with Crippen LogP contribution in [0.4, 0.5) is 16.2 Å². The van der Waals surface area contributed by atoms with Crippen molar-refractivity contribution < 1.29 is 19.1 Å². The van der Waals surface area contributed by atoms with E-state index < -0.39 is 11.7 Å². The maximum Gasteiger partial charge on any atom is 0.419 e. The minimum absolute atomic E-state index is 0.00156. The number of rotatable bonds is 8. The summed E-state index contributed by atoms with van der Waals surface area (Å²) in [5.41, 5.74) is 1.71. The average Bonchev–Trinajstić information content (AvgIpc) is 3.27. The number of aromatic nitrogens is 2. The monoisotopic (exact) mass is 489 g/mol. The van der Waals surface area contributed by atoms with E-state index in [1.165, 1.54) is 10.9 Å². The zero-order chi connectivity index (χ0) is 26.3. The fraction of sp³-hybridized carbons (Fsp3) is 0.333. The number of nitriles is 1. The van der Waals surface area contributed by atoms with Gasteiger partial charge in [-0.15, -0.1) is 0 Å². The van der Waals surface area contributed by atoms with E-state index in [4.69, 9.17) is 9.47 Å². The SMILES string of the molecule is CC(C)Oc1ccc(NC(=O)CN(Cc2cn(C(=O)OC(C)(C)C)cn2)c2cccc(C#N)c2)cc1. The van der Waals surface area contributed by atoms with Gasteiger partial charge in [-0.3, -0.25) is 4.79 Å². The number of anilines is 2. The van der Waals surface area contributed by atoms with Crippen molar-refractivity contribution in [3.8, 4) is 11.8 Å². The van der Waals surface area contributed by atoms with Gasteiger partial charge in [0.05, 0.1) is 36.5 Å². The largest absolute Gasteiger partial charge is 0.491 e. The zero-order valence-corrected chi connectivity index (χ0v) is 21.2. The van der Waals surface area contributed by atoms with Crippen LogP contribution >= 0.6 is 0 Å². The van der Waals surface area contributed by atoms with E-state index in [2.05, 4.69) is 16.4 Å². The van der Waals surface area contributed by atoms with E-state index in [0.29, 0.717) is 22.6 Å². The summed E-state index contributed by atoms with van der Waals surface area (Å²) in [6.45, 7) is 9.49. The minimum atomic E-state index is -0.636. The molecule has 1 heterocycles. The molecule has 0 aliphatic carbocycles. The van der Waals surface area contributed by atoms with Gasteiger partial charge in [0, 0.05) is 17.6 Å². The molecule has 0 atom stereocenters. The Bertz CT molecular complexity index is 1240. The summed E-state index contributed by atoms with van der Waals surface area (Å²) in [6.07, 6.45) is 2.47. The van der Waals surface area contributed by atoms with Gasteiger partial charge in [0.25, 0.3) is 0 Å². The van der Waals surface area contributed by atoms with Crippen molar-refractivity contribution in [2.24, 2.45) is 0 Å². The summed E-state index contributed by atoms with van der Waals surface area (Å²) in [6, 6.07) is 16.2. The maximum atomic E-state index is 12.9. The summed E-state index contributed by atoms with van der Waals surface area (Å²) < 4.78 is 12.3. The second kappa shape index (κ2) is 11.4. The van der Waals surface area contributed by atoms with Gasteiger partial charge in [0.2, 0.25) is 5.91 Å². The van der Waals surface area contributed by atoms with Crippen molar-refractivity contribution in [1.29, 1.82) is 5.26 Å². The van der Waals surface area contributed by atoms with Crippen molar-refractivity contribution in [3.63, 3.8) is 0 Å². The van der Waals surface area contributed by atoms with Gasteiger partial charge in [-0.05, 0) is 77.1 Å². The highest BCUT2D eigenvalue weighted by Gasteiger charge is 2.20. The van der Waals surface area contributed by atoms with Gasteiger partial charge in [-0.1, -0.05) is 6.07 Å². The number of benzene rings is 2. The fourth-order valence-corrected chi connectivity index (χ4v) is 3.33. The zero-order valence-electron chi connectivity index (χ0n) is 21.2. The quantitative estimate of drug-likeness (QED) is 0.476. The molecule has 3 aromatic rings. The molecule has 0 radical (unpaired) electrons. The summed E-state index contributed by atoms with van der Waals surface area (Å²) in [7, 11) is 0. The Labute approximate surface area is 211 Å². The van der Waals surface area contributed by atoms with Crippen LogP contribution in [-0.2, 0) is 16.1 Å². The lowest BCUT2D eigenvalue weighted by molar-refractivity contribution is -0.115. The Morgan fingerprint density at radius 1 is 1.17 bits per heavy atom. The molecule has 1 amide bonds. The summed E-state index contributed by atoms with van der Waals surface area (Å²) >= 11 is 0. The Morgan fingerprint density at radius 3 is 2.53 bits per heavy atom. The van der Waals surface area contributed by atoms with Gasteiger partial charge in [0.1, 0.15) is 17.7 Å². The normalized spacial score (nSPS) is 11.0. The average molecular weight is 490 g/mol. The Kier molecular flexibility index (Phi) is 8.33. The maximum absolute atomic E-state index is 12.9. The molecule has 0 unspecified atom stereocenters. The standard InChI is InChI=1S/C27H31N5O4/c1-19(2)35-24-11-9-21(10-12-24)30-25(33)17-31(23-8-6-7-20(13-23)14-28)15-22-16-32(18-29-22)26(34)36-27(3,4)5/h6-13,16,18-19H,15,17H2,1-5H3,(H,30,33). The summed E-state index contributed by atoms with van der Waals surface area (Å²) in [5, 5.41) is 12.2. The number of carbonyl (C=O) groups is 2. The van der Waals surface area contributed by atoms with E-state index in [1.807, 2.05) is 19.9 Å². The number of nitrogens with zero attached hydrogens (tertiary/aromatic N) is 4. The number of nitrogens with one attached hydrogen (secondary N) is 1. The van der Waals surface area contributed by atoms with E-state index in [9.17, 15) is 14.9 Å². The highest BCUT2D eigenvalue weighted by atomic mass is 16.6. The summed E-state index contributed by atoms with van der Waals surface area (Å²) in [4.78, 5) is 31.4. The molecule has 1 N–H and O–H groups in total. The molecule has 0 aliphatic rings. The Morgan fingerprint density at radius 2 is 1.89 bits per heavy atom. The third kappa shape index (κ3) is 7.87. The van der Waals surface area contributed by atoms with Crippen molar-refractivity contribution in [2.45, 2.75) is 52.9 Å². The molecule has 0 aliphatic heterocycles. The molecule has 0 spiro atoms. The first-order valence-corrected chi connectivity index (χ1v) is 11.6. The number of amides is 1. The van der Waals surface area contributed by atoms with Crippen LogP contribution in [0.15, 0.2) is 61.1 Å². The molecule has 0 saturated carbocycles. The van der Waals surface area contributed by atoms with Crippen LogP contribution in [0.25, 0.3) is 0 Å². The molecule has 36 heavy (non-hydrogen) atoms. The molecular weight excluding hydrogens is 458 g/mol. The van der Waals surface area contributed by atoms with Crippen LogP contribution in [0.3, 0.4) is 0 Å². The first-order chi connectivity index (χ1) is 17.0. The third-order valence-corrected chi connectivity index (χ3v) is 4.78. The van der Waals surface area contributed by atoms with Crippen LogP contribution in [0.1, 0.15) is 45.9 Å². The molecule has 9 nitrogen and oxygen atoms in total. The van der Waals surface area contributed by atoms with E-state index in [-0.39, 0.29) is 25.1 Å². The number of carbonyl (C=O) groups excluding carboxylic acids is 2. The number of hydrogen-bond acceptors (Lipinski definition) is 7. The van der Waals surface area contributed by atoms with Gasteiger partial charge in [-0.25, -0.2) is 14.3 Å². The van der Waals surface area contributed by atoms with Crippen molar-refractivity contribution >= 4 is 23.4 Å². The van der Waals surface area contributed by atoms with E-state index >= 15 is 0 Å². The van der Waals surface area contributed by atoms with Crippen LogP contribution in [0, 0.1) is 11.3 Å². The van der Waals surface area contributed by atoms with E-state index in [1.54, 1.807) is 74.3 Å². The second-order valence-electron chi connectivity index (χ2n) is 9.51. The first kappa shape index (κ1) is 26.3. The number of imidazole rings is 1. The van der Waals surface area contributed by atoms with Crippen LogP contribution < -0.4 is 15.0 Å².